The molecule has 3 rings (SSSR count). The molecule has 1 aromatic carbocycles. The Bertz CT molecular complexity index is 493. The summed E-state index contributed by atoms with van der Waals surface area (Å²) in [6.07, 6.45) is 2.13. The zero-order valence-electron chi connectivity index (χ0n) is 9.31. The SMILES string of the molecule is Cc1ccccc1-c1cn2c(n1)COCC2. The Morgan fingerprint density at radius 1 is 1.31 bits per heavy atom. The fourth-order valence-corrected chi connectivity index (χ4v) is 2.08. The molecule has 16 heavy (non-hydrogen) atoms. The highest BCUT2D eigenvalue weighted by molar-refractivity contribution is 5.62. The van der Waals surface area contributed by atoms with Crippen LogP contribution in [0.4, 0.5) is 0 Å². The van der Waals surface area contributed by atoms with Crippen LogP contribution in [0.2, 0.25) is 0 Å². The van der Waals surface area contributed by atoms with Crippen LogP contribution in [0.5, 0.6) is 0 Å². The molecule has 2 aromatic rings. The monoisotopic (exact) mass is 214 g/mol. The Morgan fingerprint density at radius 3 is 3.00 bits per heavy atom. The first-order chi connectivity index (χ1) is 7.84. The molecule has 0 atom stereocenters. The second kappa shape index (κ2) is 3.76. The molecule has 0 bridgehead atoms. The first-order valence-corrected chi connectivity index (χ1v) is 5.54. The lowest BCUT2D eigenvalue weighted by Gasteiger charge is -2.13. The second-order valence-electron chi connectivity index (χ2n) is 4.10. The van der Waals surface area contributed by atoms with Crippen LogP contribution in [0.25, 0.3) is 11.3 Å². The van der Waals surface area contributed by atoms with E-state index in [0.29, 0.717) is 6.61 Å². The van der Waals surface area contributed by atoms with Gasteiger partial charge in [-0.15, -0.1) is 0 Å². The van der Waals surface area contributed by atoms with Crippen molar-refractivity contribution in [2.45, 2.75) is 20.1 Å². The van der Waals surface area contributed by atoms with Gasteiger partial charge in [-0.2, -0.15) is 0 Å². The molecular formula is C13H14N2O. The van der Waals surface area contributed by atoms with Crippen molar-refractivity contribution in [2.75, 3.05) is 6.61 Å². The van der Waals surface area contributed by atoms with Crippen molar-refractivity contribution < 1.29 is 4.74 Å². The van der Waals surface area contributed by atoms with Crippen LogP contribution in [0.15, 0.2) is 30.5 Å². The van der Waals surface area contributed by atoms with E-state index in [9.17, 15) is 0 Å². The Morgan fingerprint density at radius 2 is 2.19 bits per heavy atom. The first kappa shape index (κ1) is 9.60. The van der Waals surface area contributed by atoms with E-state index in [-0.39, 0.29) is 0 Å². The molecule has 0 spiro atoms. The minimum absolute atomic E-state index is 0.631. The third kappa shape index (κ3) is 1.53. The largest absolute Gasteiger partial charge is 0.372 e. The number of hydrogen-bond acceptors (Lipinski definition) is 2. The van der Waals surface area contributed by atoms with E-state index in [4.69, 9.17) is 4.74 Å². The molecule has 82 valence electrons. The standard InChI is InChI=1S/C13H14N2O/c1-10-4-2-3-5-11(10)12-8-15-6-7-16-9-13(15)14-12/h2-5,8H,6-7,9H2,1H3. The van der Waals surface area contributed by atoms with E-state index in [1.54, 1.807) is 0 Å². The second-order valence-corrected chi connectivity index (χ2v) is 4.10. The molecule has 0 unspecified atom stereocenters. The Kier molecular flexibility index (Phi) is 2.26. The predicted molar refractivity (Wildman–Crippen MR) is 62.1 cm³/mol. The van der Waals surface area contributed by atoms with Gasteiger partial charge in [0.05, 0.1) is 12.3 Å². The van der Waals surface area contributed by atoms with Crippen LogP contribution in [0.3, 0.4) is 0 Å². The lowest BCUT2D eigenvalue weighted by Crippen LogP contribution is -2.15. The summed E-state index contributed by atoms with van der Waals surface area (Å²) in [4.78, 5) is 4.62. The average Bonchev–Trinajstić information content (AvgIpc) is 2.73. The highest BCUT2D eigenvalue weighted by Gasteiger charge is 2.13. The maximum absolute atomic E-state index is 5.39. The zero-order chi connectivity index (χ0) is 11.0. The van der Waals surface area contributed by atoms with Gasteiger partial charge < -0.3 is 9.30 Å². The van der Waals surface area contributed by atoms with Gasteiger partial charge in [0.1, 0.15) is 12.4 Å². The number of aryl methyl sites for hydroxylation is 1. The van der Waals surface area contributed by atoms with Crippen molar-refractivity contribution in [3.05, 3.63) is 41.9 Å². The van der Waals surface area contributed by atoms with Crippen LogP contribution < -0.4 is 0 Å². The van der Waals surface area contributed by atoms with E-state index in [2.05, 4.69) is 46.9 Å². The number of ether oxygens (including phenoxy) is 1. The van der Waals surface area contributed by atoms with Crippen molar-refractivity contribution in [3.8, 4) is 11.3 Å². The minimum Gasteiger partial charge on any atom is -0.372 e. The molecular weight excluding hydrogens is 200 g/mol. The molecule has 3 heteroatoms. The lowest BCUT2D eigenvalue weighted by atomic mass is 10.1. The summed E-state index contributed by atoms with van der Waals surface area (Å²) >= 11 is 0. The third-order valence-corrected chi connectivity index (χ3v) is 2.99. The van der Waals surface area contributed by atoms with Gasteiger partial charge in [0.25, 0.3) is 0 Å². The summed E-state index contributed by atoms with van der Waals surface area (Å²) in [7, 11) is 0. The molecule has 0 saturated heterocycles. The van der Waals surface area contributed by atoms with Crippen molar-refractivity contribution in [1.29, 1.82) is 0 Å². The molecule has 0 saturated carbocycles. The average molecular weight is 214 g/mol. The number of aromatic nitrogens is 2. The van der Waals surface area contributed by atoms with Crippen LogP contribution in [0, 0.1) is 6.92 Å². The number of nitrogens with zero attached hydrogens (tertiary/aromatic N) is 2. The normalized spacial score (nSPS) is 14.8. The highest BCUT2D eigenvalue weighted by atomic mass is 16.5. The fraction of sp³-hybridized carbons (Fsp3) is 0.308. The molecule has 0 radical (unpaired) electrons. The number of hydrogen-bond donors (Lipinski definition) is 0. The van der Waals surface area contributed by atoms with Gasteiger partial charge >= 0.3 is 0 Å². The van der Waals surface area contributed by atoms with Crippen LogP contribution in [0.1, 0.15) is 11.4 Å². The summed E-state index contributed by atoms with van der Waals surface area (Å²) in [5.74, 6) is 1.03. The maximum atomic E-state index is 5.39. The minimum atomic E-state index is 0.631. The van der Waals surface area contributed by atoms with Crippen molar-refractivity contribution in [3.63, 3.8) is 0 Å². The van der Waals surface area contributed by atoms with Gasteiger partial charge in [0.15, 0.2) is 0 Å². The molecule has 0 amide bonds. The van der Waals surface area contributed by atoms with Gasteiger partial charge in [-0.25, -0.2) is 4.98 Å². The van der Waals surface area contributed by atoms with E-state index in [1.807, 2.05) is 0 Å². The summed E-state index contributed by atoms with van der Waals surface area (Å²) < 4.78 is 7.58. The van der Waals surface area contributed by atoms with Crippen molar-refractivity contribution >= 4 is 0 Å². The molecule has 1 aromatic heterocycles. The third-order valence-electron chi connectivity index (χ3n) is 2.99. The Labute approximate surface area is 94.7 Å². The molecule has 1 aliphatic rings. The molecule has 0 N–H and O–H groups in total. The number of fused-ring (bicyclic) bond motifs is 1. The van der Waals surface area contributed by atoms with Crippen LogP contribution in [-0.4, -0.2) is 16.2 Å². The summed E-state index contributed by atoms with van der Waals surface area (Å²) in [6.45, 7) is 4.45. The quantitative estimate of drug-likeness (QED) is 0.728. The fourth-order valence-electron chi connectivity index (χ4n) is 2.08. The predicted octanol–water partition coefficient (Wildman–Crippen LogP) is 2.39. The van der Waals surface area contributed by atoms with E-state index in [1.165, 1.54) is 11.1 Å². The summed E-state index contributed by atoms with van der Waals surface area (Å²) in [5, 5.41) is 0. The number of rotatable bonds is 1. The molecule has 0 fully saturated rings. The highest BCUT2D eigenvalue weighted by Crippen LogP contribution is 2.23. The number of imidazole rings is 1. The van der Waals surface area contributed by atoms with Gasteiger partial charge in [-0.05, 0) is 12.5 Å². The summed E-state index contributed by atoms with van der Waals surface area (Å²) in [6, 6.07) is 8.34. The van der Waals surface area contributed by atoms with Crippen molar-refractivity contribution in [1.82, 2.24) is 9.55 Å². The number of benzene rings is 1. The smallest absolute Gasteiger partial charge is 0.135 e. The molecule has 3 nitrogen and oxygen atoms in total. The van der Waals surface area contributed by atoms with Crippen molar-refractivity contribution in [2.24, 2.45) is 0 Å². The lowest BCUT2D eigenvalue weighted by molar-refractivity contribution is 0.0816. The van der Waals surface area contributed by atoms with Gasteiger partial charge in [0, 0.05) is 18.3 Å². The molecule has 1 aliphatic heterocycles. The van der Waals surface area contributed by atoms with Crippen LogP contribution in [-0.2, 0) is 17.9 Å². The molecule has 2 heterocycles. The molecule has 0 aliphatic carbocycles. The van der Waals surface area contributed by atoms with E-state index in [0.717, 1.165) is 24.7 Å². The van der Waals surface area contributed by atoms with Gasteiger partial charge in [0.2, 0.25) is 0 Å². The van der Waals surface area contributed by atoms with E-state index >= 15 is 0 Å². The van der Waals surface area contributed by atoms with Crippen LogP contribution >= 0.6 is 0 Å². The topological polar surface area (TPSA) is 27.1 Å². The van der Waals surface area contributed by atoms with Gasteiger partial charge in [-0.1, -0.05) is 24.3 Å². The first-order valence-electron chi connectivity index (χ1n) is 5.54. The Balaban J connectivity index is 2.07. The summed E-state index contributed by atoms with van der Waals surface area (Å²) in [5.41, 5.74) is 3.53. The maximum Gasteiger partial charge on any atom is 0.135 e. The van der Waals surface area contributed by atoms with E-state index < -0.39 is 0 Å². The van der Waals surface area contributed by atoms with Gasteiger partial charge in [-0.3, -0.25) is 0 Å². The zero-order valence-corrected chi connectivity index (χ0v) is 9.31. The Hall–Kier alpha value is -1.61.